The number of hydrogen-bond acceptors (Lipinski definition) is 5. The van der Waals surface area contributed by atoms with Crippen LogP contribution in [0.1, 0.15) is 23.6 Å². The van der Waals surface area contributed by atoms with Gasteiger partial charge < -0.3 is 14.6 Å². The summed E-state index contributed by atoms with van der Waals surface area (Å²) in [5, 5.41) is 14.5. The Morgan fingerprint density at radius 2 is 2.22 bits per heavy atom. The van der Waals surface area contributed by atoms with Crippen LogP contribution in [0.25, 0.3) is 10.8 Å². The lowest BCUT2D eigenvalue weighted by molar-refractivity contribution is 1.05. The third-order valence-electron chi connectivity index (χ3n) is 4.85. The van der Waals surface area contributed by atoms with Gasteiger partial charge in [-0.05, 0) is 62.0 Å². The van der Waals surface area contributed by atoms with Gasteiger partial charge in [-0.15, -0.1) is 0 Å². The lowest BCUT2D eigenvalue weighted by atomic mass is 10.1. The number of pyridine rings is 1. The average Bonchev–Trinajstić information content (AvgIpc) is 3.08. The second-order valence-corrected chi connectivity index (χ2v) is 7.65. The fourth-order valence-electron chi connectivity index (χ4n) is 3.63. The van der Waals surface area contributed by atoms with E-state index in [1.165, 1.54) is 5.56 Å². The summed E-state index contributed by atoms with van der Waals surface area (Å²) >= 11 is 1.64. The van der Waals surface area contributed by atoms with Gasteiger partial charge in [0.15, 0.2) is 0 Å². The number of fused-ring (bicyclic) bond motifs is 2. The Labute approximate surface area is 162 Å². The first-order valence-corrected chi connectivity index (χ1v) is 9.77. The van der Waals surface area contributed by atoms with E-state index in [0.29, 0.717) is 10.9 Å². The Bertz CT molecular complexity index is 1130. The van der Waals surface area contributed by atoms with Gasteiger partial charge in [0.1, 0.15) is 0 Å². The van der Waals surface area contributed by atoms with Crippen LogP contribution in [0, 0.1) is 18.3 Å². The number of aryl methyl sites for hydroxylation is 1. The molecule has 0 atom stereocenters. The molecule has 4 rings (SSSR count). The van der Waals surface area contributed by atoms with Gasteiger partial charge >= 0.3 is 0 Å². The zero-order valence-corrected chi connectivity index (χ0v) is 16.1. The summed E-state index contributed by atoms with van der Waals surface area (Å²) in [5.74, 6) is 0. The summed E-state index contributed by atoms with van der Waals surface area (Å²) in [6.45, 7) is 5.76. The van der Waals surface area contributed by atoms with E-state index in [1.54, 1.807) is 18.1 Å². The van der Waals surface area contributed by atoms with Gasteiger partial charge in [-0.2, -0.15) is 5.26 Å². The smallest absolute Gasteiger partial charge is 0.255 e. The SMILES string of the molecule is CCNc1cc(C#N)cc2c1CCN2Sc1cccc2c(=O)[nH]cc(C)c12. The molecule has 6 heteroatoms. The molecule has 1 aliphatic rings. The minimum atomic E-state index is -0.0685. The molecule has 0 fully saturated rings. The van der Waals surface area contributed by atoms with E-state index in [0.717, 1.165) is 46.7 Å². The minimum Gasteiger partial charge on any atom is -0.385 e. The number of nitrogens with zero attached hydrogens (tertiary/aromatic N) is 2. The maximum atomic E-state index is 12.2. The van der Waals surface area contributed by atoms with Crippen molar-refractivity contribution in [2.75, 3.05) is 22.7 Å². The van der Waals surface area contributed by atoms with Crippen LogP contribution in [0.4, 0.5) is 11.4 Å². The highest BCUT2D eigenvalue weighted by atomic mass is 32.2. The molecule has 3 aromatic rings. The van der Waals surface area contributed by atoms with Crippen molar-refractivity contribution in [1.82, 2.24) is 4.98 Å². The van der Waals surface area contributed by atoms with E-state index in [2.05, 4.69) is 33.7 Å². The number of aromatic nitrogens is 1. The van der Waals surface area contributed by atoms with Gasteiger partial charge in [0.05, 0.1) is 17.3 Å². The van der Waals surface area contributed by atoms with Crippen molar-refractivity contribution >= 4 is 34.1 Å². The van der Waals surface area contributed by atoms with E-state index in [1.807, 2.05) is 31.2 Å². The lowest BCUT2D eigenvalue weighted by Crippen LogP contribution is -2.11. The van der Waals surface area contributed by atoms with Gasteiger partial charge in [-0.25, -0.2) is 0 Å². The first-order chi connectivity index (χ1) is 13.1. The van der Waals surface area contributed by atoms with Crippen LogP contribution in [-0.2, 0) is 6.42 Å². The molecule has 136 valence electrons. The van der Waals surface area contributed by atoms with Crippen LogP contribution in [0.3, 0.4) is 0 Å². The lowest BCUT2D eigenvalue weighted by Gasteiger charge is -2.20. The van der Waals surface area contributed by atoms with Crippen LogP contribution in [-0.4, -0.2) is 18.1 Å². The monoisotopic (exact) mass is 376 g/mol. The number of rotatable bonds is 4. The van der Waals surface area contributed by atoms with Crippen LogP contribution in [0.2, 0.25) is 0 Å². The molecule has 27 heavy (non-hydrogen) atoms. The van der Waals surface area contributed by atoms with Crippen molar-refractivity contribution in [3.05, 3.63) is 63.6 Å². The van der Waals surface area contributed by atoms with Gasteiger partial charge in [0.25, 0.3) is 5.56 Å². The van der Waals surface area contributed by atoms with Crippen molar-refractivity contribution in [3.8, 4) is 6.07 Å². The molecule has 0 amide bonds. The molecule has 0 aliphatic carbocycles. The molecular weight excluding hydrogens is 356 g/mol. The Kier molecular flexibility index (Phi) is 4.54. The summed E-state index contributed by atoms with van der Waals surface area (Å²) in [6.07, 6.45) is 2.70. The number of benzene rings is 2. The number of aromatic amines is 1. The molecule has 0 spiro atoms. The van der Waals surface area contributed by atoms with Crippen molar-refractivity contribution in [1.29, 1.82) is 5.26 Å². The highest BCUT2D eigenvalue weighted by molar-refractivity contribution is 8.00. The summed E-state index contributed by atoms with van der Waals surface area (Å²) in [6, 6.07) is 12.0. The van der Waals surface area contributed by atoms with Crippen molar-refractivity contribution in [2.24, 2.45) is 0 Å². The summed E-state index contributed by atoms with van der Waals surface area (Å²) in [7, 11) is 0. The van der Waals surface area contributed by atoms with Crippen molar-refractivity contribution < 1.29 is 0 Å². The van der Waals surface area contributed by atoms with Crippen molar-refractivity contribution in [3.63, 3.8) is 0 Å². The van der Waals surface area contributed by atoms with Crippen LogP contribution >= 0.6 is 11.9 Å². The number of nitriles is 1. The second-order valence-electron chi connectivity index (χ2n) is 6.59. The average molecular weight is 376 g/mol. The fraction of sp³-hybridized carbons (Fsp3) is 0.238. The molecule has 1 aromatic heterocycles. The predicted molar refractivity (Wildman–Crippen MR) is 112 cm³/mol. The van der Waals surface area contributed by atoms with Crippen LogP contribution in [0.15, 0.2) is 46.2 Å². The molecule has 0 unspecified atom stereocenters. The highest BCUT2D eigenvalue weighted by Crippen LogP contribution is 2.42. The number of H-pyrrole nitrogens is 1. The molecule has 0 bridgehead atoms. The van der Waals surface area contributed by atoms with Gasteiger partial charge in [-0.3, -0.25) is 4.79 Å². The van der Waals surface area contributed by atoms with Gasteiger partial charge in [-0.1, -0.05) is 6.07 Å². The number of nitrogens with one attached hydrogen (secondary N) is 2. The molecule has 5 nitrogen and oxygen atoms in total. The Hall–Kier alpha value is -2.91. The minimum absolute atomic E-state index is 0.0685. The second kappa shape index (κ2) is 7.01. The molecule has 0 saturated heterocycles. The summed E-state index contributed by atoms with van der Waals surface area (Å²) < 4.78 is 2.23. The molecule has 2 heterocycles. The number of anilines is 2. The first kappa shape index (κ1) is 17.5. The molecule has 0 radical (unpaired) electrons. The maximum absolute atomic E-state index is 12.2. The Morgan fingerprint density at radius 3 is 3.00 bits per heavy atom. The van der Waals surface area contributed by atoms with E-state index in [-0.39, 0.29) is 5.56 Å². The molecule has 1 aliphatic heterocycles. The highest BCUT2D eigenvalue weighted by Gasteiger charge is 2.24. The molecule has 2 aromatic carbocycles. The zero-order valence-electron chi connectivity index (χ0n) is 15.3. The number of hydrogen-bond donors (Lipinski definition) is 2. The Morgan fingerprint density at radius 1 is 1.37 bits per heavy atom. The van der Waals surface area contributed by atoms with Crippen LogP contribution in [0.5, 0.6) is 0 Å². The quantitative estimate of drug-likeness (QED) is 0.668. The van der Waals surface area contributed by atoms with E-state index >= 15 is 0 Å². The molecular formula is C21H20N4OS. The molecule has 0 saturated carbocycles. The van der Waals surface area contributed by atoms with Crippen LogP contribution < -0.4 is 15.2 Å². The molecule has 2 N–H and O–H groups in total. The largest absolute Gasteiger partial charge is 0.385 e. The predicted octanol–water partition coefficient (Wildman–Crippen LogP) is 4.21. The van der Waals surface area contributed by atoms with Gasteiger partial charge in [0.2, 0.25) is 0 Å². The summed E-state index contributed by atoms with van der Waals surface area (Å²) in [4.78, 5) is 16.0. The standard InChI is InChI=1S/C21H20N4OS/c1-3-23-17-9-14(11-22)10-18-15(17)7-8-25(18)27-19-6-4-5-16-20(19)13(2)12-24-21(16)26/h4-6,9-10,12,23H,3,7-8H2,1-2H3,(H,24,26). The third kappa shape index (κ3) is 3.04. The van der Waals surface area contributed by atoms with Crippen molar-refractivity contribution in [2.45, 2.75) is 25.2 Å². The maximum Gasteiger partial charge on any atom is 0.255 e. The fourth-order valence-corrected chi connectivity index (χ4v) is 4.81. The normalized spacial score (nSPS) is 12.9. The Balaban J connectivity index is 1.79. The van der Waals surface area contributed by atoms with E-state index < -0.39 is 0 Å². The summed E-state index contributed by atoms with van der Waals surface area (Å²) in [5.41, 5.74) is 5.00. The van der Waals surface area contributed by atoms with E-state index in [9.17, 15) is 10.1 Å². The topological polar surface area (TPSA) is 71.9 Å². The third-order valence-corrected chi connectivity index (χ3v) is 5.99. The first-order valence-electron chi connectivity index (χ1n) is 8.99. The van der Waals surface area contributed by atoms with E-state index in [4.69, 9.17) is 0 Å². The zero-order chi connectivity index (χ0) is 19.0. The van der Waals surface area contributed by atoms with Gasteiger partial charge in [0, 0.05) is 46.2 Å².